The first kappa shape index (κ1) is 25.7. The fourth-order valence-electron chi connectivity index (χ4n) is 3.21. The Kier molecular flexibility index (Phi) is 8.43. The number of carbonyl (C=O) groups is 1. The lowest BCUT2D eigenvalue weighted by atomic mass is 10.2. The van der Waals surface area contributed by atoms with Gasteiger partial charge >= 0.3 is 0 Å². The van der Waals surface area contributed by atoms with Crippen LogP contribution in [-0.4, -0.2) is 41.8 Å². The van der Waals surface area contributed by atoms with Crippen LogP contribution in [0.5, 0.6) is 23.0 Å². The number of sulfonamides is 1. The van der Waals surface area contributed by atoms with Crippen LogP contribution in [0.3, 0.4) is 0 Å². The first-order valence-corrected chi connectivity index (χ1v) is 12.4. The van der Waals surface area contributed by atoms with Crippen LogP contribution in [0.4, 0.5) is 11.4 Å². The Morgan fingerprint density at radius 3 is 2.09 bits per heavy atom. The predicted octanol–water partition coefficient (Wildman–Crippen LogP) is 4.55. The molecule has 0 spiro atoms. The molecule has 0 aromatic heterocycles. The van der Waals surface area contributed by atoms with E-state index < -0.39 is 10.0 Å². The second-order valence-electron chi connectivity index (χ2n) is 7.18. The minimum absolute atomic E-state index is 0.0140. The van der Waals surface area contributed by atoms with Gasteiger partial charge in [-0.25, -0.2) is 8.42 Å². The number of amides is 1. The number of nitrogens with one attached hydrogen (secondary N) is 2. The fraction of sp³-hybridized carbons (Fsp3) is 0.240. The average molecular weight is 501 g/mol. The van der Waals surface area contributed by atoms with Crippen molar-refractivity contribution in [3.8, 4) is 23.0 Å². The molecule has 186 valence electrons. The summed E-state index contributed by atoms with van der Waals surface area (Å²) in [5.74, 6) is 1.48. The van der Waals surface area contributed by atoms with Crippen molar-refractivity contribution in [1.29, 1.82) is 0 Å². The number of anilines is 2. The molecule has 2 N–H and O–H groups in total. The van der Waals surface area contributed by atoms with E-state index in [9.17, 15) is 13.2 Å². The number of rotatable bonds is 11. The van der Waals surface area contributed by atoms with Crippen LogP contribution in [0, 0.1) is 0 Å². The molecule has 35 heavy (non-hydrogen) atoms. The second kappa shape index (κ2) is 11.5. The predicted molar refractivity (Wildman–Crippen MR) is 134 cm³/mol. The normalized spacial score (nSPS) is 10.9. The Morgan fingerprint density at radius 1 is 0.800 bits per heavy atom. The van der Waals surface area contributed by atoms with Crippen molar-refractivity contribution >= 4 is 27.3 Å². The summed E-state index contributed by atoms with van der Waals surface area (Å²) in [6.45, 7) is 4.61. The highest BCUT2D eigenvalue weighted by Crippen LogP contribution is 2.31. The van der Waals surface area contributed by atoms with E-state index in [2.05, 4.69) is 10.0 Å². The highest BCUT2D eigenvalue weighted by atomic mass is 32.2. The maximum atomic E-state index is 12.9. The molecule has 0 aliphatic carbocycles. The van der Waals surface area contributed by atoms with E-state index >= 15 is 0 Å². The molecule has 3 aromatic carbocycles. The zero-order valence-electron chi connectivity index (χ0n) is 20.0. The van der Waals surface area contributed by atoms with Crippen LogP contribution < -0.4 is 29.0 Å². The quantitative estimate of drug-likeness (QED) is 0.397. The molecule has 0 unspecified atom stereocenters. The van der Waals surface area contributed by atoms with E-state index in [0.29, 0.717) is 47.5 Å². The summed E-state index contributed by atoms with van der Waals surface area (Å²) in [5, 5.41) is 2.75. The van der Waals surface area contributed by atoms with Gasteiger partial charge in [0, 0.05) is 17.3 Å². The van der Waals surface area contributed by atoms with Crippen molar-refractivity contribution in [1.82, 2.24) is 0 Å². The SMILES string of the molecule is CCOc1ccc(C(=O)Nc2ccc(S(=O)(=O)Nc3cc(OC)ccc3OC)cc2)cc1OCC. The topological polar surface area (TPSA) is 112 Å². The molecule has 1 amide bonds. The minimum atomic E-state index is -3.92. The summed E-state index contributed by atoms with van der Waals surface area (Å²) in [6.07, 6.45) is 0. The van der Waals surface area contributed by atoms with Gasteiger partial charge in [-0.3, -0.25) is 9.52 Å². The Balaban J connectivity index is 1.75. The number of ether oxygens (including phenoxy) is 4. The lowest BCUT2D eigenvalue weighted by molar-refractivity contribution is 0.102. The van der Waals surface area contributed by atoms with E-state index in [1.165, 1.54) is 44.6 Å². The van der Waals surface area contributed by atoms with Crippen LogP contribution in [0.15, 0.2) is 65.6 Å². The molecule has 0 aliphatic heterocycles. The summed E-state index contributed by atoms with van der Waals surface area (Å²) in [4.78, 5) is 12.7. The van der Waals surface area contributed by atoms with Gasteiger partial charge < -0.3 is 24.3 Å². The zero-order valence-corrected chi connectivity index (χ0v) is 20.8. The third-order valence-corrected chi connectivity index (χ3v) is 6.26. The van der Waals surface area contributed by atoms with Crippen LogP contribution >= 0.6 is 0 Å². The molecule has 0 aliphatic rings. The van der Waals surface area contributed by atoms with Crippen LogP contribution in [0.25, 0.3) is 0 Å². The molecule has 0 heterocycles. The number of benzene rings is 3. The second-order valence-corrected chi connectivity index (χ2v) is 8.86. The maximum absolute atomic E-state index is 12.9. The highest BCUT2D eigenvalue weighted by molar-refractivity contribution is 7.92. The van der Waals surface area contributed by atoms with Gasteiger partial charge in [0.1, 0.15) is 11.5 Å². The zero-order chi connectivity index (χ0) is 25.4. The average Bonchev–Trinajstić information content (AvgIpc) is 2.85. The summed E-state index contributed by atoms with van der Waals surface area (Å²) in [7, 11) is -0.992. The fourth-order valence-corrected chi connectivity index (χ4v) is 4.27. The molecular weight excluding hydrogens is 472 g/mol. The number of hydrogen-bond donors (Lipinski definition) is 2. The summed E-state index contributed by atoms with van der Waals surface area (Å²) in [6, 6.07) is 15.5. The lowest BCUT2D eigenvalue weighted by Gasteiger charge is -2.14. The molecule has 10 heteroatoms. The summed E-state index contributed by atoms with van der Waals surface area (Å²) < 4.78 is 49.8. The van der Waals surface area contributed by atoms with Gasteiger partial charge in [-0.15, -0.1) is 0 Å². The molecule has 0 bridgehead atoms. The standard InChI is InChI=1S/C25H28N2O7S/c1-5-33-23-13-7-17(15-24(23)34-6-2)25(28)26-18-8-11-20(12-9-18)35(29,30)27-21-16-19(31-3)10-14-22(21)32-4/h7-16,27H,5-6H2,1-4H3,(H,26,28). The van der Waals surface area contributed by atoms with Crippen molar-refractivity contribution < 1.29 is 32.2 Å². The maximum Gasteiger partial charge on any atom is 0.262 e. The van der Waals surface area contributed by atoms with E-state index in [0.717, 1.165) is 0 Å². The molecule has 9 nitrogen and oxygen atoms in total. The van der Waals surface area contributed by atoms with E-state index in [4.69, 9.17) is 18.9 Å². The van der Waals surface area contributed by atoms with Crippen LogP contribution in [-0.2, 0) is 10.0 Å². The van der Waals surface area contributed by atoms with Gasteiger partial charge in [-0.05, 0) is 68.4 Å². The Hall–Kier alpha value is -3.92. The molecule has 0 radical (unpaired) electrons. The molecule has 0 atom stereocenters. The number of methoxy groups -OCH3 is 2. The molecule has 0 fully saturated rings. The van der Waals surface area contributed by atoms with Crippen molar-refractivity contribution in [3.05, 3.63) is 66.2 Å². The van der Waals surface area contributed by atoms with Crippen LogP contribution in [0.1, 0.15) is 24.2 Å². The largest absolute Gasteiger partial charge is 0.497 e. The van der Waals surface area contributed by atoms with Crippen molar-refractivity contribution in [2.24, 2.45) is 0 Å². The van der Waals surface area contributed by atoms with Gasteiger partial charge in [0.15, 0.2) is 11.5 Å². The Labute approximate surface area is 205 Å². The van der Waals surface area contributed by atoms with E-state index in [1.54, 1.807) is 30.3 Å². The van der Waals surface area contributed by atoms with E-state index in [1.807, 2.05) is 13.8 Å². The molecule has 3 rings (SSSR count). The molecular formula is C25H28N2O7S. The van der Waals surface area contributed by atoms with Crippen molar-refractivity contribution in [2.45, 2.75) is 18.7 Å². The third-order valence-electron chi connectivity index (χ3n) is 4.88. The van der Waals surface area contributed by atoms with Crippen molar-refractivity contribution in [2.75, 3.05) is 37.5 Å². The Morgan fingerprint density at radius 2 is 1.46 bits per heavy atom. The lowest BCUT2D eigenvalue weighted by Crippen LogP contribution is -2.15. The highest BCUT2D eigenvalue weighted by Gasteiger charge is 2.18. The first-order valence-electron chi connectivity index (χ1n) is 10.9. The van der Waals surface area contributed by atoms with Gasteiger partial charge in [-0.2, -0.15) is 0 Å². The molecule has 0 saturated heterocycles. The van der Waals surface area contributed by atoms with Crippen molar-refractivity contribution in [3.63, 3.8) is 0 Å². The van der Waals surface area contributed by atoms with Crippen LogP contribution in [0.2, 0.25) is 0 Å². The summed E-state index contributed by atoms with van der Waals surface area (Å²) >= 11 is 0. The number of hydrogen-bond acceptors (Lipinski definition) is 7. The molecule has 3 aromatic rings. The third kappa shape index (κ3) is 6.36. The van der Waals surface area contributed by atoms with Gasteiger partial charge in [-0.1, -0.05) is 0 Å². The van der Waals surface area contributed by atoms with Gasteiger partial charge in [0.05, 0.1) is 38.0 Å². The smallest absolute Gasteiger partial charge is 0.262 e. The Bertz CT molecular complexity index is 1280. The monoisotopic (exact) mass is 500 g/mol. The number of carbonyl (C=O) groups excluding carboxylic acids is 1. The van der Waals surface area contributed by atoms with Gasteiger partial charge in [0.2, 0.25) is 0 Å². The van der Waals surface area contributed by atoms with E-state index in [-0.39, 0.29) is 16.5 Å². The van der Waals surface area contributed by atoms with Gasteiger partial charge in [0.25, 0.3) is 15.9 Å². The first-order chi connectivity index (χ1) is 16.8. The molecule has 0 saturated carbocycles. The summed E-state index contributed by atoms with van der Waals surface area (Å²) in [5.41, 5.74) is 1.05. The minimum Gasteiger partial charge on any atom is -0.497 e.